The molecule has 2 aromatic rings. The Kier molecular flexibility index (Phi) is 3.97. The summed E-state index contributed by atoms with van der Waals surface area (Å²) in [5.41, 5.74) is 4.91. The third kappa shape index (κ3) is 2.70. The van der Waals surface area contributed by atoms with Gasteiger partial charge in [-0.2, -0.15) is 0 Å². The minimum absolute atomic E-state index is 0.663. The molecule has 0 aliphatic heterocycles. The molecule has 0 N–H and O–H groups in total. The van der Waals surface area contributed by atoms with Crippen molar-refractivity contribution in [1.82, 2.24) is 0 Å². The number of hydrogen-bond acceptors (Lipinski definition) is 1. The average molecular weight is 258 g/mol. The van der Waals surface area contributed by atoms with Gasteiger partial charge in [-0.15, -0.1) is 0 Å². The quantitative estimate of drug-likeness (QED) is 0.810. The summed E-state index contributed by atoms with van der Waals surface area (Å²) < 4.78 is 11.8. The predicted molar refractivity (Wildman–Crippen MR) is 78.3 cm³/mol. The van der Waals surface area contributed by atoms with Gasteiger partial charge in [-0.3, -0.25) is 4.21 Å². The van der Waals surface area contributed by atoms with Crippen LogP contribution >= 0.6 is 0 Å². The molecule has 0 saturated heterocycles. The Hall–Kier alpha value is -1.41. The van der Waals surface area contributed by atoms with Crippen LogP contribution in [0.5, 0.6) is 0 Å². The van der Waals surface area contributed by atoms with Gasteiger partial charge in [-0.1, -0.05) is 37.3 Å². The van der Waals surface area contributed by atoms with Crippen molar-refractivity contribution in [3.05, 3.63) is 53.6 Å². The van der Waals surface area contributed by atoms with Crippen molar-refractivity contribution in [3.63, 3.8) is 0 Å². The largest absolute Gasteiger partial charge is 0.254 e. The lowest BCUT2D eigenvalue weighted by molar-refractivity contribution is 0.684. The zero-order valence-electron chi connectivity index (χ0n) is 11.1. The molecule has 0 bridgehead atoms. The van der Waals surface area contributed by atoms with Crippen LogP contribution in [0.3, 0.4) is 0 Å². The average Bonchev–Trinajstić information content (AvgIpc) is 2.41. The van der Waals surface area contributed by atoms with Gasteiger partial charge in [0.15, 0.2) is 0 Å². The second-order valence-electron chi connectivity index (χ2n) is 4.46. The lowest BCUT2D eigenvalue weighted by Gasteiger charge is -2.07. The van der Waals surface area contributed by atoms with Crippen molar-refractivity contribution < 1.29 is 4.21 Å². The molecule has 94 valence electrons. The van der Waals surface area contributed by atoms with Crippen LogP contribution in [0, 0.1) is 13.8 Å². The highest BCUT2D eigenvalue weighted by atomic mass is 32.2. The van der Waals surface area contributed by atoms with Crippen molar-refractivity contribution in [2.45, 2.75) is 25.7 Å². The smallest absolute Gasteiger partial charge is 0.0526 e. The molecule has 1 atom stereocenters. The minimum Gasteiger partial charge on any atom is -0.254 e. The molecule has 2 rings (SSSR count). The molecule has 2 aromatic carbocycles. The lowest BCUT2D eigenvalue weighted by Crippen LogP contribution is -1.94. The van der Waals surface area contributed by atoms with E-state index in [-0.39, 0.29) is 0 Å². The summed E-state index contributed by atoms with van der Waals surface area (Å²) in [5, 5.41) is 0. The Morgan fingerprint density at radius 1 is 0.944 bits per heavy atom. The number of rotatable bonds is 3. The van der Waals surface area contributed by atoms with Gasteiger partial charge >= 0.3 is 0 Å². The lowest BCUT2D eigenvalue weighted by atomic mass is 10.0. The maximum atomic E-state index is 11.8. The maximum absolute atomic E-state index is 11.8. The standard InChI is InChI=1S/C16H18OS/c1-4-18(17)16-7-5-6-14(11-16)15-9-8-12(2)13(3)10-15/h5-11H,4H2,1-3H3. The highest BCUT2D eigenvalue weighted by molar-refractivity contribution is 7.85. The van der Waals surface area contributed by atoms with E-state index in [1.165, 1.54) is 16.7 Å². The van der Waals surface area contributed by atoms with Crippen LogP contribution in [-0.2, 0) is 10.8 Å². The fourth-order valence-corrected chi connectivity index (χ4v) is 2.73. The van der Waals surface area contributed by atoms with Crippen molar-refractivity contribution in [1.29, 1.82) is 0 Å². The van der Waals surface area contributed by atoms with Crippen LogP contribution in [0.15, 0.2) is 47.4 Å². The predicted octanol–water partition coefficient (Wildman–Crippen LogP) is 4.10. The van der Waals surface area contributed by atoms with Gasteiger partial charge in [0.05, 0.1) is 10.8 Å². The third-order valence-corrected chi connectivity index (χ3v) is 4.50. The Labute approximate surface area is 111 Å². The second kappa shape index (κ2) is 5.49. The first-order valence-corrected chi connectivity index (χ1v) is 7.49. The maximum Gasteiger partial charge on any atom is 0.0526 e. The summed E-state index contributed by atoms with van der Waals surface area (Å²) in [5.74, 6) is 0.663. The molecule has 0 radical (unpaired) electrons. The monoisotopic (exact) mass is 258 g/mol. The molecule has 0 fully saturated rings. The third-order valence-electron chi connectivity index (χ3n) is 3.20. The van der Waals surface area contributed by atoms with Crippen molar-refractivity contribution >= 4 is 10.8 Å². The van der Waals surface area contributed by atoms with E-state index in [2.05, 4.69) is 38.1 Å². The van der Waals surface area contributed by atoms with Gasteiger partial charge in [-0.05, 0) is 48.2 Å². The Morgan fingerprint density at radius 3 is 2.33 bits per heavy atom. The van der Waals surface area contributed by atoms with E-state index in [1.54, 1.807) is 0 Å². The van der Waals surface area contributed by atoms with Crippen LogP contribution in [0.2, 0.25) is 0 Å². The molecule has 0 aliphatic rings. The first kappa shape index (κ1) is 13.0. The van der Waals surface area contributed by atoms with Crippen molar-refractivity contribution in [3.8, 4) is 11.1 Å². The Morgan fingerprint density at radius 2 is 1.67 bits per heavy atom. The normalized spacial score (nSPS) is 12.4. The summed E-state index contributed by atoms with van der Waals surface area (Å²) in [6.45, 7) is 6.17. The molecule has 0 saturated carbocycles. The second-order valence-corrected chi connectivity index (χ2v) is 6.20. The number of hydrogen-bond donors (Lipinski definition) is 0. The Balaban J connectivity index is 2.44. The molecule has 0 heterocycles. The van der Waals surface area contributed by atoms with Gasteiger partial charge in [0.25, 0.3) is 0 Å². The molecule has 0 spiro atoms. The highest BCUT2D eigenvalue weighted by Crippen LogP contribution is 2.24. The van der Waals surface area contributed by atoms with E-state index in [4.69, 9.17) is 0 Å². The zero-order valence-corrected chi connectivity index (χ0v) is 11.9. The van der Waals surface area contributed by atoms with Crippen LogP contribution in [-0.4, -0.2) is 9.96 Å². The summed E-state index contributed by atoms with van der Waals surface area (Å²) in [7, 11) is -0.884. The summed E-state index contributed by atoms with van der Waals surface area (Å²) in [4.78, 5) is 0.910. The molecule has 18 heavy (non-hydrogen) atoms. The van der Waals surface area contributed by atoms with Crippen molar-refractivity contribution in [2.24, 2.45) is 0 Å². The summed E-state index contributed by atoms with van der Waals surface area (Å²) >= 11 is 0. The van der Waals surface area contributed by atoms with E-state index in [9.17, 15) is 4.21 Å². The van der Waals surface area contributed by atoms with Crippen LogP contribution in [0.1, 0.15) is 18.1 Å². The fraction of sp³-hybridized carbons (Fsp3) is 0.250. The van der Waals surface area contributed by atoms with Gasteiger partial charge in [-0.25, -0.2) is 0 Å². The minimum atomic E-state index is -0.884. The molecule has 2 heteroatoms. The van der Waals surface area contributed by atoms with Gasteiger partial charge < -0.3 is 0 Å². The van der Waals surface area contributed by atoms with E-state index >= 15 is 0 Å². The summed E-state index contributed by atoms with van der Waals surface area (Å²) in [6.07, 6.45) is 0. The molecule has 0 aromatic heterocycles. The summed E-state index contributed by atoms with van der Waals surface area (Å²) in [6, 6.07) is 14.5. The van der Waals surface area contributed by atoms with Crippen molar-refractivity contribution in [2.75, 3.05) is 5.75 Å². The molecular weight excluding hydrogens is 240 g/mol. The molecule has 1 unspecified atom stereocenters. The molecular formula is C16H18OS. The zero-order chi connectivity index (χ0) is 13.1. The molecule has 0 amide bonds. The van der Waals surface area contributed by atoms with Crippen LogP contribution < -0.4 is 0 Å². The van der Waals surface area contributed by atoms with E-state index < -0.39 is 10.8 Å². The van der Waals surface area contributed by atoms with Gasteiger partial charge in [0, 0.05) is 10.6 Å². The van der Waals surface area contributed by atoms with E-state index in [1.807, 2.05) is 25.1 Å². The van der Waals surface area contributed by atoms with Crippen LogP contribution in [0.4, 0.5) is 0 Å². The van der Waals surface area contributed by atoms with Gasteiger partial charge in [0.2, 0.25) is 0 Å². The van der Waals surface area contributed by atoms with E-state index in [0.29, 0.717) is 5.75 Å². The first-order chi connectivity index (χ1) is 8.61. The SMILES string of the molecule is CCS(=O)c1cccc(-c2ccc(C)c(C)c2)c1. The van der Waals surface area contributed by atoms with Gasteiger partial charge in [0.1, 0.15) is 0 Å². The molecule has 1 nitrogen and oxygen atoms in total. The molecule has 0 aliphatic carbocycles. The fourth-order valence-electron chi connectivity index (χ4n) is 1.90. The van der Waals surface area contributed by atoms with E-state index in [0.717, 1.165) is 10.5 Å². The number of aryl methyl sites for hydroxylation is 2. The van der Waals surface area contributed by atoms with Crippen LogP contribution in [0.25, 0.3) is 11.1 Å². The Bertz CT molecular complexity index is 587. The first-order valence-electron chi connectivity index (χ1n) is 6.18. The highest BCUT2D eigenvalue weighted by Gasteiger charge is 2.04. The topological polar surface area (TPSA) is 17.1 Å². The number of benzene rings is 2.